The summed E-state index contributed by atoms with van der Waals surface area (Å²) in [5.41, 5.74) is 2.13. The first-order valence-electron chi connectivity index (χ1n) is 20.6. The number of aromatic nitrogens is 2. The Morgan fingerprint density at radius 1 is 1.17 bits per heavy atom. The molecule has 1 spiro atoms. The van der Waals surface area contributed by atoms with Gasteiger partial charge in [-0.1, -0.05) is 36.7 Å². The number of halogens is 1. The van der Waals surface area contributed by atoms with E-state index in [2.05, 4.69) is 36.1 Å². The number of nitrogens with zero attached hydrogens (tertiary/aromatic N) is 5. The molecule has 58 heavy (non-hydrogen) atoms. The third-order valence-electron chi connectivity index (χ3n) is 12.9. The number of allylic oxidation sites excluding steroid dienone is 1. The molecule has 2 amide bonds. The molecule has 2 fully saturated rings. The minimum absolute atomic E-state index is 0.00631. The highest BCUT2D eigenvalue weighted by molar-refractivity contribution is 7.92. The molecule has 1 aromatic heterocycles. The van der Waals surface area contributed by atoms with E-state index in [1.165, 1.54) is 29.1 Å². The highest BCUT2D eigenvalue weighted by Crippen LogP contribution is 2.49. The number of fused-ring (bicyclic) bond motifs is 4. The molecule has 3 aliphatic heterocycles. The van der Waals surface area contributed by atoms with Gasteiger partial charge in [-0.2, -0.15) is 0 Å². The minimum Gasteiger partial charge on any atom is -0.490 e. The number of methoxy groups -OCH3 is 1. The molecule has 8 rings (SSSR count). The second-order valence-corrected chi connectivity index (χ2v) is 19.5. The molecule has 312 valence electrons. The van der Waals surface area contributed by atoms with Crippen molar-refractivity contribution in [3.8, 4) is 11.6 Å². The number of amides is 2. The molecule has 1 saturated carbocycles. The first-order chi connectivity index (χ1) is 27.9. The molecule has 6 atom stereocenters. The van der Waals surface area contributed by atoms with Crippen molar-refractivity contribution < 1.29 is 33.1 Å². The van der Waals surface area contributed by atoms with Gasteiger partial charge in [0.1, 0.15) is 21.2 Å². The Bertz CT molecular complexity index is 2200. The number of carbonyl (C=O) groups excluding carboxylic acids is 2. The summed E-state index contributed by atoms with van der Waals surface area (Å²) in [5, 5.41) is 17.6. The third-order valence-corrected chi connectivity index (χ3v) is 15.1. The number of benzene rings is 2. The van der Waals surface area contributed by atoms with Crippen LogP contribution >= 0.6 is 11.6 Å². The molecule has 3 aromatic rings. The topological polar surface area (TPSA) is 148 Å². The van der Waals surface area contributed by atoms with E-state index in [-0.39, 0.29) is 45.9 Å². The summed E-state index contributed by atoms with van der Waals surface area (Å²) < 4.78 is 40.8. The van der Waals surface area contributed by atoms with E-state index in [1.54, 1.807) is 19.2 Å². The fraction of sp³-hybridized carbons (Fsp3) is 0.558. The number of ether oxygens (including phenoxy) is 3. The first-order valence-corrected chi connectivity index (χ1v) is 22.6. The van der Waals surface area contributed by atoms with Crippen molar-refractivity contribution in [2.24, 2.45) is 29.2 Å². The van der Waals surface area contributed by atoms with Gasteiger partial charge >= 0.3 is 0 Å². The number of hydrogen-bond donors (Lipinski definition) is 2. The zero-order chi connectivity index (χ0) is 40.7. The molecule has 2 aliphatic carbocycles. The number of aliphatic hydroxyl groups is 1. The molecule has 0 radical (unpaired) electrons. The third kappa shape index (κ3) is 8.40. The molecule has 2 bridgehead atoms. The molecule has 2 N–H and O–H groups in total. The number of anilines is 1. The predicted octanol–water partition coefficient (Wildman–Crippen LogP) is 5.58. The van der Waals surface area contributed by atoms with Crippen LogP contribution in [0, 0.1) is 17.8 Å². The van der Waals surface area contributed by atoms with Crippen LogP contribution in [0.15, 0.2) is 59.1 Å². The van der Waals surface area contributed by atoms with Gasteiger partial charge in [0.25, 0.3) is 11.8 Å². The molecule has 2 aromatic carbocycles. The van der Waals surface area contributed by atoms with E-state index in [1.807, 2.05) is 31.2 Å². The Morgan fingerprint density at radius 3 is 2.78 bits per heavy atom. The number of nitrogens with one attached hydrogen (secondary N) is 1. The largest absolute Gasteiger partial charge is 0.490 e. The van der Waals surface area contributed by atoms with Gasteiger partial charge in [-0.3, -0.25) is 23.9 Å². The van der Waals surface area contributed by atoms with E-state index in [0.29, 0.717) is 56.5 Å². The van der Waals surface area contributed by atoms with Crippen LogP contribution in [0.25, 0.3) is 0 Å². The number of carbonyl (C=O) groups is 2. The molecule has 1 unspecified atom stereocenters. The number of aryl methyl sites for hydroxylation is 2. The average Bonchev–Trinajstić information content (AvgIpc) is 3.50. The molecular formula is C43H55ClN6O7S. The fourth-order valence-electron chi connectivity index (χ4n) is 9.75. The highest BCUT2D eigenvalue weighted by Gasteiger charge is 2.48. The Kier molecular flexibility index (Phi) is 11.7. The lowest BCUT2D eigenvalue weighted by molar-refractivity contribution is -0.0599. The van der Waals surface area contributed by atoms with E-state index >= 15 is 0 Å². The quantitative estimate of drug-likeness (QED) is 0.302. The second kappa shape index (κ2) is 16.6. The highest BCUT2D eigenvalue weighted by atomic mass is 35.5. The lowest BCUT2D eigenvalue weighted by atomic mass is 9.63. The SMILES string of the molecule is COc1nn(C)cc1C(=O)NS1(=O)=NC(=O)c2ccc3c(c2)N(C[C@@H]2CC[C@H]2[C@@](O)(CCN2CCOCC2)/C=C/C[C@H](C)C1)C[C@@]1(CCCc2cc(Cl)ccc21)CO3. The maximum Gasteiger partial charge on any atom is 0.286 e. The van der Waals surface area contributed by atoms with Gasteiger partial charge in [-0.05, 0) is 104 Å². The van der Waals surface area contributed by atoms with E-state index in [4.69, 9.17) is 25.8 Å². The van der Waals surface area contributed by atoms with E-state index < -0.39 is 27.3 Å². The summed E-state index contributed by atoms with van der Waals surface area (Å²) in [6.45, 7) is 7.45. The zero-order valence-electron chi connectivity index (χ0n) is 33.7. The summed E-state index contributed by atoms with van der Waals surface area (Å²) in [6.07, 6.45) is 11.2. The molecule has 13 nitrogen and oxygen atoms in total. The van der Waals surface area contributed by atoms with Crippen LogP contribution in [0.3, 0.4) is 0 Å². The van der Waals surface area contributed by atoms with Gasteiger partial charge in [-0.15, -0.1) is 9.46 Å². The number of morpholine rings is 1. The normalized spacial score (nSPS) is 30.8. The van der Waals surface area contributed by atoms with E-state index in [0.717, 1.165) is 57.4 Å². The van der Waals surface area contributed by atoms with Gasteiger partial charge in [0.15, 0.2) is 0 Å². The minimum atomic E-state index is -3.68. The monoisotopic (exact) mass is 834 g/mol. The Balaban J connectivity index is 1.20. The summed E-state index contributed by atoms with van der Waals surface area (Å²) in [7, 11) is -0.627. The van der Waals surface area contributed by atoms with Crippen LogP contribution in [0.1, 0.15) is 77.3 Å². The van der Waals surface area contributed by atoms with Crippen LogP contribution < -0.4 is 19.1 Å². The van der Waals surface area contributed by atoms with Crippen molar-refractivity contribution in [3.05, 3.63) is 82.0 Å². The first kappa shape index (κ1) is 40.8. The van der Waals surface area contributed by atoms with Crippen LogP contribution in [0.4, 0.5) is 5.69 Å². The van der Waals surface area contributed by atoms with Crippen molar-refractivity contribution in [1.82, 2.24) is 19.4 Å². The Hall–Kier alpha value is -3.95. The fourth-order valence-corrected chi connectivity index (χ4v) is 11.8. The summed E-state index contributed by atoms with van der Waals surface area (Å²) >= 11 is 6.51. The molecule has 4 heterocycles. The van der Waals surface area contributed by atoms with Crippen molar-refractivity contribution in [3.63, 3.8) is 0 Å². The van der Waals surface area contributed by atoms with Crippen LogP contribution in [0.2, 0.25) is 5.02 Å². The van der Waals surface area contributed by atoms with Gasteiger partial charge in [0.2, 0.25) is 5.88 Å². The molecule has 5 aliphatic rings. The maximum absolute atomic E-state index is 14.8. The summed E-state index contributed by atoms with van der Waals surface area (Å²) in [5.74, 6) is -0.867. The zero-order valence-corrected chi connectivity index (χ0v) is 35.2. The summed E-state index contributed by atoms with van der Waals surface area (Å²) in [4.78, 5) is 32.6. The van der Waals surface area contributed by atoms with Gasteiger partial charge in [0.05, 0.1) is 44.0 Å². The van der Waals surface area contributed by atoms with Crippen LogP contribution in [0.5, 0.6) is 11.6 Å². The molecule has 1 saturated heterocycles. The number of rotatable bonds is 6. The lowest BCUT2D eigenvalue weighted by Gasteiger charge is -2.49. The van der Waals surface area contributed by atoms with Crippen molar-refractivity contribution in [1.29, 1.82) is 0 Å². The van der Waals surface area contributed by atoms with E-state index in [9.17, 15) is 18.9 Å². The average molecular weight is 835 g/mol. The van der Waals surface area contributed by atoms with Gasteiger partial charge in [0, 0.05) is 62.0 Å². The Morgan fingerprint density at radius 2 is 2.00 bits per heavy atom. The smallest absolute Gasteiger partial charge is 0.286 e. The second-order valence-electron chi connectivity index (χ2n) is 17.0. The van der Waals surface area contributed by atoms with Crippen LogP contribution in [-0.2, 0) is 33.5 Å². The lowest BCUT2D eigenvalue weighted by Crippen LogP contribution is -2.53. The standard InChI is InChI=1S/C43H55ClN6O7S/c1-29-6-4-15-43(53,16-17-49-18-20-56-21-19-49)36-11-8-32(36)24-50-27-42(14-5-7-30-22-33(44)10-12-35(30)42)28-57-38-13-9-31(23-37(38)50)39(51)46-58(54,26-29)47-40(52)34-25-48(2)45-41(34)55-3/h4,9-10,12-13,15,22-23,25,29,32,36,53H,5-8,11,14,16-21,24,26-28H2,1-3H3,(H,46,47,51,52,54)/b15-4+/t29-,32-,36+,42-,43-,58?/m0/s1. The van der Waals surface area contributed by atoms with Crippen molar-refractivity contribution >= 4 is 39.0 Å². The van der Waals surface area contributed by atoms with Gasteiger partial charge < -0.3 is 24.2 Å². The van der Waals surface area contributed by atoms with Gasteiger partial charge in [-0.25, -0.2) is 4.21 Å². The predicted molar refractivity (Wildman–Crippen MR) is 223 cm³/mol. The summed E-state index contributed by atoms with van der Waals surface area (Å²) in [6, 6.07) is 11.4. The Labute approximate surface area is 346 Å². The maximum atomic E-state index is 14.8. The van der Waals surface area contributed by atoms with Crippen molar-refractivity contribution in [2.45, 2.75) is 62.9 Å². The van der Waals surface area contributed by atoms with Crippen molar-refractivity contribution in [2.75, 3.05) is 70.3 Å². The molecule has 15 heteroatoms. The van der Waals surface area contributed by atoms with Crippen LogP contribution in [-0.4, -0.2) is 107 Å². The number of hydrogen-bond acceptors (Lipinski definition) is 10. The molecular weight excluding hydrogens is 780 g/mol.